The molecule has 1 aromatic carbocycles. The average Bonchev–Trinajstić information content (AvgIpc) is 3.27. The third-order valence-corrected chi connectivity index (χ3v) is 5.27. The van der Waals surface area contributed by atoms with E-state index in [1.54, 1.807) is 16.4 Å². The van der Waals surface area contributed by atoms with E-state index in [2.05, 4.69) is 0 Å². The summed E-state index contributed by atoms with van der Waals surface area (Å²) in [5, 5.41) is 8.57. The smallest absolute Gasteiger partial charge is 0.328 e. The Morgan fingerprint density at radius 2 is 1.95 bits per heavy atom. The lowest BCUT2D eigenvalue weighted by Crippen LogP contribution is -2.33. The van der Waals surface area contributed by atoms with Crippen molar-refractivity contribution in [3.8, 4) is 0 Å². The standard InChI is InChI=1S/C15H19NO4S/c1-2-11-16(13-6-7-13)21(19,20)14-8-3-12(4-9-14)5-10-15(17)18/h3-5,8-10,13H,2,6-7,11H2,1H3,(H,17,18)/b10-5+. The van der Waals surface area contributed by atoms with Gasteiger partial charge in [0, 0.05) is 18.7 Å². The Hall–Kier alpha value is -1.66. The maximum absolute atomic E-state index is 12.6. The third-order valence-electron chi connectivity index (χ3n) is 3.30. The first-order valence-corrected chi connectivity index (χ1v) is 8.42. The van der Waals surface area contributed by atoms with Crippen molar-refractivity contribution in [2.24, 2.45) is 0 Å². The average molecular weight is 309 g/mol. The van der Waals surface area contributed by atoms with Gasteiger partial charge >= 0.3 is 5.97 Å². The number of carboxylic acid groups (broad SMARTS) is 1. The van der Waals surface area contributed by atoms with Crippen molar-refractivity contribution in [2.45, 2.75) is 37.1 Å². The van der Waals surface area contributed by atoms with Crippen molar-refractivity contribution in [3.63, 3.8) is 0 Å². The number of carbonyl (C=O) groups is 1. The lowest BCUT2D eigenvalue weighted by atomic mass is 10.2. The highest BCUT2D eigenvalue weighted by molar-refractivity contribution is 7.89. The topological polar surface area (TPSA) is 74.7 Å². The minimum atomic E-state index is -3.46. The van der Waals surface area contributed by atoms with Crippen LogP contribution in [0.25, 0.3) is 6.08 Å². The van der Waals surface area contributed by atoms with Gasteiger partial charge in [-0.05, 0) is 43.0 Å². The van der Waals surface area contributed by atoms with E-state index in [0.717, 1.165) is 25.3 Å². The lowest BCUT2D eigenvalue weighted by Gasteiger charge is -2.21. The van der Waals surface area contributed by atoms with Crippen molar-refractivity contribution in [1.29, 1.82) is 0 Å². The highest BCUT2D eigenvalue weighted by Crippen LogP contribution is 2.32. The summed E-state index contributed by atoms with van der Waals surface area (Å²) in [5.74, 6) is -1.03. The summed E-state index contributed by atoms with van der Waals surface area (Å²) in [6.07, 6.45) is 5.10. The molecule has 6 heteroatoms. The Kier molecular flexibility index (Phi) is 4.80. The lowest BCUT2D eigenvalue weighted by molar-refractivity contribution is -0.131. The fraction of sp³-hybridized carbons (Fsp3) is 0.400. The Morgan fingerprint density at radius 3 is 2.43 bits per heavy atom. The second-order valence-corrected chi connectivity index (χ2v) is 6.98. The van der Waals surface area contributed by atoms with Gasteiger partial charge in [-0.15, -0.1) is 0 Å². The molecule has 0 bridgehead atoms. The number of rotatable bonds is 7. The van der Waals surface area contributed by atoms with Crippen molar-refractivity contribution in [3.05, 3.63) is 35.9 Å². The Balaban J connectivity index is 2.21. The van der Waals surface area contributed by atoms with Crippen LogP contribution in [0.3, 0.4) is 0 Å². The fourth-order valence-corrected chi connectivity index (χ4v) is 3.91. The molecule has 0 radical (unpaired) electrons. The van der Waals surface area contributed by atoms with E-state index < -0.39 is 16.0 Å². The van der Waals surface area contributed by atoms with E-state index in [9.17, 15) is 13.2 Å². The normalized spacial score (nSPS) is 15.7. The fourth-order valence-electron chi connectivity index (χ4n) is 2.14. The molecule has 5 nitrogen and oxygen atoms in total. The van der Waals surface area contributed by atoms with E-state index >= 15 is 0 Å². The molecule has 1 aromatic rings. The molecule has 114 valence electrons. The van der Waals surface area contributed by atoms with Gasteiger partial charge in [0.15, 0.2) is 0 Å². The predicted octanol–water partition coefficient (Wildman–Crippen LogP) is 2.35. The summed E-state index contributed by atoms with van der Waals surface area (Å²) in [5.41, 5.74) is 0.657. The number of aliphatic carboxylic acids is 1. The zero-order valence-electron chi connectivity index (χ0n) is 11.9. The van der Waals surface area contributed by atoms with Crippen molar-refractivity contribution in [2.75, 3.05) is 6.54 Å². The first-order valence-electron chi connectivity index (χ1n) is 6.98. The van der Waals surface area contributed by atoms with Crippen molar-refractivity contribution in [1.82, 2.24) is 4.31 Å². The molecule has 0 amide bonds. The summed E-state index contributed by atoms with van der Waals surface area (Å²) in [6, 6.07) is 6.43. The zero-order valence-corrected chi connectivity index (χ0v) is 12.7. The number of benzene rings is 1. The van der Waals surface area contributed by atoms with Gasteiger partial charge in [0.2, 0.25) is 10.0 Å². The van der Waals surface area contributed by atoms with Crippen LogP contribution in [0.15, 0.2) is 35.2 Å². The molecule has 1 aliphatic carbocycles. The first kappa shape index (κ1) is 15.7. The van der Waals surface area contributed by atoms with Crippen LogP contribution in [-0.4, -0.2) is 36.4 Å². The highest BCUT2D eigenvalue weighted by atomic mass is 32.2. The molecule has 2 rings (SSSR count). The Bertz CT molecular complexity index is 630. The molecule has 0 aromatic heterocycles. The molecule has 0 unspecified atom stereocenters. The number of sulfonamides is 1. The van der Waals surface area contributed by atoms with Gasteiger partial charge in [0.05, 0.1) is 4.90 Å². The molecule has 0 aliphatic heterocycles. The van der Waals surface area contributed by atoms with Crippen LogP contribution in [0.1, 0.15) is 31.7 Å². The minimum absolute atomic E-state index is 0.140. The molecule has 0 heterocycles. The SMILES string of the molecule is CCCN(C1CC1)S(=O)(=O)c1ccc(/C=C/C(=O)O)cc1. The maximum Gasteiger partial charge on any atom is 0.328 e. The van der Waals surface area contributed by atoms with Gasteiger partial charge < -0.3 is 5.11 Å². The quantitative estimate of drug-likeness (QED) is 0.785. The Labute approximate surface area is 124 Å². The van der Waals surface area contributed by atoms with E-state index in [0.29, 0.717) is 12.1 Å². The molecule has 1 aliphatic rings. The van der Waals surface area contributed by atoms with Gasteiger partial charge in [-0.2, -0.15) is 4.31 Å². The van der Waals surface area contributed by atoms with Crippen molar-refractivity contribution < 1.29 is 18.3 Å². The van der Waals surface area contributed by atoms with Gasteiger partial charge in [-0.25, -0.2) is 13.2 Å². The molecule has 1 saturated carbocycles. The maximum atomic E-state index is 12.6. The largest absolute Gasteiger partial charge is 0.478 e. The molecule has 1 fully saturated rings. The molecule has 1 N–H and O–H groups in total. The second kappa shape index (κ2) is 6.41. The zero-order chi connectivity index (χ0) is 15.5. The molecule has 0 saturated heterocycles. The summed E-state index contributed by atoms with van der Waals surface area (Å²) < 4.78 is 26.8. The molecule has 21 heavy (non-hydrogen) atoms. The number of carboxylic acids is 1. The summed E-state index contributed by atoms with van der Waals surface area (Å²) in [4.78, 5) is 10.7. The van der Waals surface area contributed by atoms with Gasteiger partial charge in [0.1, 0.15) is 0 Å². The van der Waals surface area contributed by atoms with E-state index in [4.69, 9.17) is 5.11 Å². The monoisotopic (exact) mass is 309 g/mol. The summed E-state index contributed by atoms with van der Waals surface area (Å²) in [6.45, 7) is 2.50. The van der Waals surface area contributed by atoms with E-state index in [1.165, 1.54) is 18.2 Å². The number of hydrogen-bond acceptors (Lipinski definition) is 3. The second-order valence-electron chi connectivity index (χ2n) is 5.09. The highest BCUT2D eigenvalue weighted by Gasteiger charge is 2.37. The number of nitrogens with zero attached hydrogens (tertiary/aromatic N) is 1. The van der Waals surface area contributed by atoms with Gasteiger partial charge in [-0.3, -0.25) is 0 Å². The summed E-state index contributed by atoms with van der Waals surface area (Å²) in [7, 11) is -3.46. The van der Waals surface area contributed by atoms with Crippen LogP contribution in [0.4, 0.5) is 0 Å². The molecular weight excluding hydrogens is 290 g/mol. The van der Waals surface area contributed by atoms with Crippen LogP contribution in [0.5, 0.6) is 0 Å². The van der Waals surface area contributed by atoms with Crippen LogP contribution in [0, 0.1) is 0 Å². The summed E-state index contributed by atoms with van der Waals surface area (Å²) >= 11 is 0. The van der Waals surface area contributed by atoms with Crippen molar-refractivity contribution >= 4 is 22.1 Å². The van der Waals surface area contributed by atoms with Crippen LogP contribution in [0.2, 0.25) is 0 Å². The third kappa shape index (κ3) is 3.92. The molecule has 0 atom stereocenters. The van der Waals surface area contributed by atoms with Crippen LogP contribution in [-0.2, 0) is 14.8 Å². The number of hydrogen-bond donors (Lipinski definition) is 1. The Morgan fingerprint density at radius 1 is 1.33 bits per heavy atom. The molecule has 0 spiro atoms. The van der Waals surface area contributed by atoms with Crippen LogP contribution >= 0.6 is 0 Å². The van der Waals surface area contributed by atoms with E-state index in [-0.39, 0.29) is 10.9 Å². The van der Waals surface area contributed by atoms with Gasteiger partial charge in [0.25, 0.3) is 0 Å². The first-order chi connectivity index (χ1) is 9.95. The molecular formula is C15H19NO4S. The minimum Gasteiger partial charge on any atom is -0.478 e. The van der Waals surface area contributed by atoms with E-state index in [1.807, 2.05) is 6.92 Å². The van der Waals surface area contributed by atoms with Crippen LogP contribution < -0.4 is 0 Å². The van der Waals surface area contributed by atoms with Gasteiger partial charge in [-0.1, -0.05) is 19.1 Å². The predicted molar refractivity (Wildman–Crippen MR) is 80.3 cm³/mol.